The van der Waals surface area contributed by atoms with Crippen LogP contribution in [-0.2, 0) is 15.3 Å². The Labute approximate surface area is 133 Å². The molecule has 3 rings (SSSR count). The van der Waals surface area contributed by atoms with E-state index in [0.29, 0.717) is 6.61 Å². The molecule has 0 N–H and O–H groups in total. The highest BCUT2D eigenvalue weighted by molar-refractivity contribution is 14.1. The van der Waals surface area contributed by atoms with Crippen molar-refractivity contribution >= 4 is 22.6 Å². The minimum absolute atomic E-state index is 0.0745. The molecule has 0 bridgehead atoms. The van der Waals surface area contributed by atoms with Crippen molar-refractivity contribution in [1.82, 2.24) is 4.98 Å². The largest absolute Gasteiger partial charge is 0.339 e. The summed E-state index contributed by atoms with van der Waals surface area (Å²) in [5, 5.41) is 0. The van der Waals surface area contributed by atoms with Crippen molar-refractivity contribution in [2.75, 3.05) is 11.5 Å². The molecule has 1 fully saturated rings. The number of hydrogen-bond donors (Lipinski definition) is 0. The van der Waals surface area contributed by atoms with Crippen LogP contribution >= 0.6 is 22.6 Å². The van der Waals surface area contributed by atoms with Crippen LogP contribution in [0.1, 0.15) is 18.1 Å². The molecular formula is C16H18INO2. The van der Waals surface area contributed by atoms with E-state index in [1.807, 2.05) is 54.3 Å². The van der Waals surface area contributed by atoms with Gasteiger partial charge in [-0.1, -0.05) is 59.0 Å². The minimum atomic E-state index is -0.811. The highest BCUT2D eigenvalue weighted by Crippen LogP contribution is 2.39. The molecule has 20 heavy (non-hydrogen) atoms. The minimum Gasteiger partial charge on any atom is -0.339 e. The molecule has 2 unspecified atom stereocenters. The fourth-order valence-electron chi connectivity index (χ4n) is 2.27. The predicted octanol–water partition coefficient (Wildman–Crippen LogP) is 3.77. The SMILES string of the molecule is CC1COC(c2ccccc2)(c2cccnc2)O1.CI. The standard InChI is InChI=1S/C15H15NO2.CH3I/c1-12-11-17-15(18-12,13-6-3-2-4-7-13)14-8-5-9-16-10-14;1-2/h2-10,12H,11H2,1H3;1H3. The van der Waals surface area contributed by atoms with Crippen molar-refractivity contribution in [3.63, 3.8) is 0 Å². The van der Waals surface area contributed by atoms with Crippen LogP contribution in [0.4, 0.5) is 0 Å². The second kappa shape index (κ2) is 7.15. The second-order valence-corrected chi connectivity index (χ2v) is 4.46. The van der Waals surface area contributed by atoms with Gasteiger partial charge in [0.05, 0.1) is 12.7 Å². The van der Waals surface area contributed by atoms with Crippen LogP contribution in [0.15, 0.2) is 54.9 Å². The Morgan fingerprint density at radius 2 is 1.80 bits per heavy atom. The summed E-state index contributed by atoms with van der Waals surface area (Å²) < 4.78 is 12.0. The maximum absolute atomic E-state index is 6.06. The summed E-state index contributed by atoms with van der Waals surface area (Å²) in [7, 11) is 0. The summed E-state index contributed by atoms with van der Waals surface area (Å²) in [6.45, 7) is 2.60. The van der Waals surface area contributed by atoms with E-state index in [-0.39, 0.29) is 6.10 Å². The number of benzene rings is 1. The number of halogens is 1. The van der Waals surface area contributed by atoms with Gasteiger partial charge in [0, 0.05) is 23.5 Å². The van der Waals surface area contributed by atoms with E-state index in [0.717, 1.165) is 11.1 Å². The number of alkyl halides is 1. The number of aromatic nitrogens is 1. The first-order chi connectivity index (χ1) is 9.81. The third-order valence-electron chi connectivity index (χ3n) is 3.08. The van der Waals surface area contributed by atoms with E-state index in [2.05, 4.69) is 27.6 Å². The average Bonchev–Trinajstić information content (AvgIpc) is 2.94. The van der Waals surface area contributed by atoms with Gasteiger partial charge < -0.3 is 9.47 Å². The maximum atomic E-state index is 6.06. The summed E-state index contributed by atoms with van der Waals surface area (Å²) >= 11 is 2.15. The third-order valence-corrected chi connectivity index (χ3v) is 3.08. The molecule has 1 saturated heterocycles. The van der Waals surface area contributed by atoms with E-state index in [4.69, 9.17) is 9.47 Å². The van der Waals surface area contributed by atoms with Crippen LogP contribution in [-0.4, -0.2) is 22.6 Å². The molecule has 2 heterocycles. The summed E-state index contributed by atoms with van der Waals surface area (Å²) in [5.74, 6) is -0.811. The quantitative estimate of drug-likeness (QED) is 0.585. The molecule has 2 atom stereocenters. The lowest BCUT2D eigenvalue weighted by atomic mass is 9.99. The number of ether oxygens (including phenoxy) is 2. The van der Waals surface area contributed by atoms with Crippen molar-refractivity contribution in [1.29, 1.82) is 0 Å². The van der Waals surface area contributed by atoms with Gasteiger partial charge in [0.1, 0.15) is 0 Å². The van der Waals surface area contributed by atoms with Crippen LogP contribution in [0.2, 0.25) is 0 Å². The topological polar surface area (TPSA) is 31.4 Å². The van der Waals surface area contributed by atoms with Gasteiger partial charge in [0.25, 0.3) is 0 Å². The van der Waals surface area contributed by atoms with Gasteiger partial charge in [-0.25, -0.2) is 0 Å². The Morgan fingerprint density at radius 3 is 2.35 bits per heavy atom. The average molecular weight is 383 g/mol. The van der Waals surface area contributed by atoms with Gasteiger partial charge in [0.2, 0.25) is 5.79 Å². The molecule has 4 heteroatoms. The normalized spacial score (nSPS) is 24.9. The summed E-state index contributed by atoms with van der Waals surface area (Å²) in [6.07, 6.45) is 3.62. The zero-order valence-corrected chi connectivity index (χ0v) is 13.8. The molecule has 0 aliphatic carbocycles. The van der Waals surface area contributed by atoms with E-state index in [1.165, 1.54) is 0 Å². The summed E-state index contributed by atoms with van der Waals surface area (Å²) in [6, 6.07) is 13.9. The van der Waals surface area contributed by atoms with Crippen LogP contribution in [0, 0.1) is 0 Å². The van der Waals surface area contributed by atoms with Crippen molar-refractivity contribution in [2.45, 2.75) is 18.8 Å². The third kappa shape index (κ3) is 3.02. The Hall–Kier alpha value is -0.980. The Kier molecular flexibility index (Phi) is 5.51. The van der Waals surface area contributed by atoms with E-state index >= 15 is 0 Å². The molecule has 0 saturated carbocycles. The molecule has 0 spiro atoms. The first-order valence-electron chi connectivity index (χ1n) is 6.47. The van der Waals surface area contributed by atoms with Gasteiger partial charge in [-0.2, -0.15) is 0 Å². The molecule has 2 aromatic rings. The summed E-state index contributed by atoms with van der Waals surface area (Å²) in [4.78, 5) is 6.13. The number of rotatable bonds is 2. The fraction of sp³-hybridized carbons (Fsp3) is 0.312. The molecule has 106 valence electrons. The van der Waals surface area contributed by atoms with E-state index in [9.17, 15) is 0 Å². The highest BCUT2D eigenvalue weighted by atomic mass is 127. The molecule has 1 aromatic heterocycles. The molecular weight excluding hydrogens is 365 g/mol. The van der Waals surface area contributed by atoms with Gasteiger partial charge in [-0.15, -0.1) is 0 Å². The number of pyridine rings is 1. The predicted molar refractivity (Wildman–Crippen MR) is 87.9 cm³/mol. The Morgan fingerprint density at radius 1 is 1.10 bits per heavy atom. The van der Waals surface area contributed by atoms with E-state index in [1.54, 1.807) is 12.4 Å². The van der Waals surface area contributed by atoms with Gasteiger partial charge in [0.15, 0.2) is 0 Å². The Bertz CT molecular complexity index is 479. The molecule has 1 aliphatic rings. The smallest absolute Gasteiger partial charge is 0.224 e. The zero-order valence-electron chi connectivity index (χ0n) is 11.6. The fourth-order valence-corrected chi connectivity index (χ4v) is 2.27. The number of hydrogen-bond acceptors (Lipinski definition) is 3. The van der Waals surface area contributed by atoms with Gasteiger partial charge in [-0.05, 0) is 17.9 Å². The van der Waals surface area contributed by atoms with Crippen LogP contribution in [0.25, 0.3) is 0 Å². The Balaban J connectivity index is 0.000000704. The summed E-state index contributed by atoms with van der Waals surface area (Å²) in [5.41, 5.74) is 1.93. The lowest BCUT2D eigenvalue weighted by Gasteiger charge is -2.28. The highest BCUT2D eigenvalue weighted by Gasteiger charge is 2.43. The number of nitrogens with zero attached hydrogens (tertiary/aromatic N) is 1. The monoisotopic (exact) mass is 383 g/mol. The first kappa shape index (κ1) is 15.4. The van der Waals surface area contributed by atoms with Crippen LogP contribution in [0.5, 0.6) is 0 Å². The van der Waals surface area contributed by atoms with Crippen LogP contribution < -0.4 is 0 Å². The van der Waals surface area contributed by atoms with Crippen molar-refractivity contribution in [2.24, 2.45) is 0 Å². The van der Waals surface area contributed by atoms with Crippen molar-refractivity contribution in [3.8, 4) is 0 Å². The van der Waals surface area contributed by atoms with E-state index < -0.39 is 5.79 Å². The van der Waals surface area contributed by atoms with Gasteiger partial charge in [-0.3, -0.25) is 4.98 Å². The zero-order chi connectivity index (χ0) is 14.4. The van der Waals surface area contributed by atoms with Gasteiger partial charge >= 0.3 is 0 Å². The lowest BCUT2D eigenvalue weighted by Crippen LogP contribution is -2.29. The van der Waals surface area contributed by atoms with Crippen molar-refractivity contribution in [3.05, 3.63) is 66.0 Å². The molecule has 3 nitrogen and oxygen atoms in total. The molecule has 1 aromatic carbocycles. The lowest BCUT2D eigenvalue weighted by molar-refractivity contribution is -0.140. The molecule has 0 radical (unpaired) electrons. The van der Waals surface area contributed by atoms with Crippen molar-refractivity contribution < 1.29 is 9.47 Å². The molecule has 0 amide bonds. The van der Waals surface area contributed by atoms with Crippen LogP contribution in [0.3, 0.4) is 0 Å². The molecule has 1 aliphatic heterocycles. The first-order valence-corrected chi connectivity index (χ1v) is 8.62. The second-order valence-electron chi connectivity index (χ2n) is 4.46. The maximum Gasteiger partial charge on any atom is 0.224 e.